The van der Waals surface area contributed by atoms with Gasteiger partial charge in [0, 0.05) is 19.0 Å². The smallest absolute Gasteiger partial charge is 0.253 e. The molecule has 0 aliphatic carbocycles. The number of carbonyl (C=O) groups is 2. The van der Waals surface area contributed by atoms with Gasteiger partial charge in [0.25, 0.3) is 5.91 Å². The van der Waals surface area contributed by atoms with Gasteiger partial charge in [-0.05, 0) is 17.2 Å². The molecule has 0 bridgehead atoms. The van der Waals surface area contributed by atoms with Gasteiger partial charge in [-0.15, -0.1) is 0 Å². The van der Waals surface area contributed by atoms with Gasteiger partial charge in [0.05, 0.1) is 5.69 Å². The number of anilines is 1. The van der Waals surface area contributed by atoms with E-state index >= 15 is 0 Å². The van der Waals surface area contributed by atoms with Crippen LogP contribution in [-0.4, -0.2) is 18.9 Å². The Bertz CT molecular complexity index is 739. The number of hydrogen-bond donors (Lipinski definition) is 1. The van der Waals surface area contributed by atoms with Gasteiger partial charge in [0.1, 0.15) is 6.04 Å². The Kier molecular flexibility index (Phi) is 3.67. The third kappa shape index (κ3) is 2.26. The van der Waals surface area contributed by atoms with E-state index in [0.717, 1.165) is 22.4 Å². The second kappa shape index (κ2) is 5.64. The zero-order chi connectivity index (χ0) is 15.7. The van der Waals surface area contributed by atoms with Crippen LogP contribution in [0.15, 0.2) is 48.5 Å². The third-order valence-electron chi connectivity index (χ3n) is 4.03. The summed E-state index contributed by atoms with van der Waals surface area (Å²) in [5.41, 5.74) is 3.68. The summed E-state index contributed by atoms with van der Waals surface area (Å²) >= 11 is 0. The van der Waals surface area contributed by atoms with Crippen molar-refractivity contribution in [2.24, 2.45) is 0 Å². The monoisotopic (exact) mass is 294 g/mol. The molecule has 22 heavy (non-hydrogen) atoms. The van der Waals surface area contributed by atoms with Crippen LogP contribution in [0.25, 0.3) is 11.1 Å². The van der Waals surface area contributed by atoms with Crippen LogP contribution in [0.1, 0.15) is 24.9 Å². The lowest BCUT2D eigenvalue weighted by atomic mass is 9.95. The van der Waals surface area contributed by atoms with Crippen LogP contribution in [0.2, 0.25) is 0 Å². The molecule has 1 atom stereocenters. The quantitative estimate of drug-likeness (QED) is 0.926. The average Bonchev–Trinajstić information content (AvgIpc) is 2.65. The normalized spacial score (nSPS) is 16.5. The van der Waals surface area contributed by atoms with Crippen molar-refractivity contribution < 1.29 is 9.59 Å². The van der Waals surface area contributed by atoms with Gasteiger partial charge in [0.15, 0.2) is 0 Å². The molecule has 2 aromatic rings. The van der Waals surface area contributed by atoms with Crippen LogP contribution < -0.4 is 10.2 Å². The summed E-state index contributed by atoms with van der Waals surface area (Å²) in [7, 11) is 1.75. The highest BCUT2D eigenvalue weighted by molar-refractivity contribution is 6.05. The van der Waals surface area contributed by atoms with Crippen LogP contribution in [0.5, 0.6) is 0 Å². The van der Waals surface area contributed by atoms with Gasteiger partial charge < -0.3 is 10.2 Å². The van der Waals surface area contributed by atoms with Crippen LogP contribution >= 0.6 is 0 Å². The maximum atomic E-state index is 12.8. The lowest BCUT2D eigenvalue weighted by Crippen LogP contribution is -2.40. The lowest BCUT2D eigenvalue weighted by molar-refractivity contribution is -0.127. The molecule has 1 N–H and O–H groups in total. The molecule has 112 valence electrons. The lowest BCUT2D eigenvalue weighted by Gasteiger charge is -2.22. The fourth-order valence-electron chi connectivity index (χ4n) is 2.84. The van der Waals surface area contributed by atoms with E-state index in [1.807, 2.05) is 48.5 Å². The largest absolute Gasteiger partial charge is 0.341 e. The third-order valence-corrected chi connectivity index (χ3v) is 4.03. The minimum Gasteiger partial charge on any atom is -0.341 e. The highest BCUT2D eigenvalue weighted by atomic mass is 16.2. The van der Waals surface area contributed by atoms with Crippen LogP contribution in [0, 0.1) is 0 Å². The van der Waals surface area contributed by atoms with Crippen molar-refractivity contribution in [1.82, 2.24) is 5.32 Å². The van der Waals surface area contributed by atoms with Gasteiger partial charge in [-0.3, -0.25) is 9.59 Å². The zero-order valence-electron chi connectivity index (χ0n) is 12.7. The molecule has 0 spiro atoms. The van der Waals surface area contributed by atoms with E-state index in [2.05, 4.69) is 5.32 Å². The Morgan fingerprint density at radius 1 is 1.09 bits per heavy atom. The van der Waals surface area contributed by atoms with Gasteiger partial charge in [-0.25, -0.2) is 0 Å². The topological polar surface area (TPSA) is 49.4 Å². The molecule has 0 saturated heterocycles. The molecular weight excluding hydrogens is 276 g/mol. The summed E-state index contributed by atoms with van der Waals surface area (Å²) in [5.74, 6) is -0.258. The number of carbonyl (C=O) groups excluding carboxylic acids is 2. The van der Waals surface area contributed by atoms with Gasteiger partial charge in [-0.2, -0.15) is 0 Å². The number of nitrogens with one attached hydrogen (secondary N) is 1. The second-order valence-electron chi connectivity index (χ2n) is 5.36. The first-order chi connectivity index (χ1) is 10.6. The second-order valence-corrected chi connectivity index (χ2v) is 5.36. The van der Waals surface area contributed by atoms with Crippen molar-refractivity contribution >= 4 is 17.5 Å². The Morgan fingerprint density at radius 2 is 1.73 bits per heavy atom. The van der Waals surface area contributed by atoms with Crippen LogP contribution in [0.4, 0.5) is 5.69 Å². The highest BCUT2D eigenvalue weighted by Crippen LogP contribution is 2.39. The van der Waals surface area contributed by atoms with Gasteiger partial charge in [0.2, 0.25) is 5.91 Å². The summed E-state index contributed by atoms with van der Waals surface area (Å²) in [6, 6.07) is 14.9. The van der Waals surface area contributed by atoms with Crippen LogP contribution in [-0.2, 0) is 9.59 Å². The number of rotatable bonds is 2. The number of fused-ring (bicyclic) bond motifs is 3. The minimum atomic E-state index is -0.652. The number of likely N-dealkylation sites (N-methyl/N-ethyl adjacent to an activating group) is 1. The minimum absolute atomic E-state index is 0.126. The Hall–Kier alpha value is -2.62. The van der Waals surface area contributed by atoms with Gasteiger partial charge in [-0.1, -0.05) is 49.4 Å². The van der Waals surface area contributed by atoms with E-state index in [1.165, 1.54) is 0 Å². The first-order valence-electron chi connectivity index (χ1n) is 7.38. The van der Waals surface area contributed by atoms with E-state index in [9.17, 15) is 9.59 Å². The van der Waals surface area contributed by atoms with Crippen molar-refractivity contribution in [3.05, 3.63) is 54.1 Å². The first-order valence-corrected chi connectivity index (χ1v) is 7.38. The number of benzene rings is 2. The fourth-order valence-corrected chi connectivity index (χ4v) is 2.84. The maximum Gasteiger partial charge on any atom is 0.253 e. The standard InChI is InChI=1S/C18H18N2O2/c1-3-16(21)19-17-14-10-5-4-8-12(14)13-9-6-7-11-15(13)20(2)18(17)22/h4-11,17H,3H2,1-2H3,(H,19,21). The molecular formula is C18H18N2O2. The molecule has 3 rings (SSSR count). The predicted molar refractivity (Wildman–Crippen MR) is 86.5 cm³/mol. The van der Waals surface area contributed by atoms with Crippen LogP contribution in [0.3, 0.4) is 0 Å². The van der Waals surface area contributed by atoms with Crippen molar-refractivity contribution in [3.63, 3.8) is 0 Å². The number of amides is 2. The zero-order valence-corrected chi connectivity index (χ0v) is 12.7. The van der Waals surface area contributed by atoms with E-state index in [-0.39, 0.29) is 11.8 Å². The Balaban J connectivity index is 2.21. The molecule has 0 saturated carbocycles. The molecule has 4 nitrogen and oxygen atoms in total. The summed E-state index contributed by atoms with van der Waals surface area (Å²) in [6.07, 6.45) is 0.350. The molecule has 0 aromatic heterocycles. The van der Waals surface area contributed by atoms with Gasteiger partial charge >= 0.3 is 0 Å². The molecule has 2 aromatic carbocycles. The predicted octanol–water partition coefficient (Wildman–Crippen LogP) is 2.90. The molecule has 1 unspecified atom stereocenters. The highest BCUT2D eigenvalue weighted by Gasteiger charge is 2.32. The van der Waals surface area contributed by atoms with E-state index < -0.39 is 6.04 Å². The first kappa shape index (κ1) is 14.3. The summed E-state index contributed by atoms with van der Waals surface area (Å²) < 4.78 is 0. The Morgan fingerprint density at radius 3 is 2.45 bits per heavy atom. The van der Waals surface area contributed by atoms with E-state index in [4.69, 9.17) is 0 Å². The Labute approximate surface area is 129 Å². The molecule has 0 radical (unpaired) electrons. The average molecular weight is 294 g/mol. The fraction of sp³-hybridized carbons (Fsp3) is 0.222. The molecule has 4 heteroatoms. The molecule has 1 aliphatic rings. The van der Waals surface area contributed by atoms with E-state index in [0.29, 0.717) is 6.42 Å². The molecule has 1 heterocycles. The summed E-state index contributed by atoms with van der Waals surface area (Å²) in [4.78, 5) is 26.3. The number of nitrogens with zero attached hydrogens (tertiary/aromatic N) is 1. The SMILES string of the molecule is CCC(=O)NC1C(=O)N(C)c2ccccc2-c2ccccc21. The summed E-state index contributed by atoms with van der Waals surface area (Å²) in [5, 5.41) is 2.85. The molecule has 2 amide bonds. The molecule has 0 fully saturated rings. The van der Waals surface area contributed by atoms with Crippen molar-refractivity contribution in [2.45, 2.75) is 19.4 Å². The van der Waals surface area contributed by atoms with Crippen molar-refractivity contribution in [3.8, 4) is 11.1 Å². The van der Waals surface area contributed by atoms with Crippen molar-refractivity contribution in [2.75, 3.05) is 11.9 Å². The number of para-hydroxylation sites is 1. The van der Waals surface area contributed by atoms with Crippen molar-refractivity contribution in [1.29, 1.82) is 0 Å². The summed E-state index contributed by atoms with van der Waals surface area (Å²) in [6.45, 7) is 1.78. The molecule has 1 aliphatic heterocycles. The number of hydrogen-bond acceptors (Lipinski definition) is 2. The maximum absolute atomic E-state index is 12.8. The van der Waals surface area contributed by atoms with E-state index in [1.54, 1.807) is 18.9 Å².